The summed E-state index contributed by atoms with van der Waals surface area (Å²) in [7, 11) is 0. The SMILES string of the molecule is Cc1cc(C)n(-c2ccc(CCC(=O)Nc3cccc(C(F)(F)F)c3)cc2)n1. The van der Waals surface area contributed by atoms with Gasteiger partial charge in [0, 0.05) is 17.8 Å². The summed E-state index contributed by atoms with van der Waals surface area (Å²) in [5, 5.41) is 6.95. The maximum atomic E-state index is 12.7. The number of hydrogen-bond donors (Lipinski definition) is 1. The molecule has 0 aliphatic carbocycles. The highest BCUT2D eigenvalue weighted by molar-refractivity contribution is 5.90. The maximum Gasteiger partial charge on any atom is 0.416 e. The van der Waals surface area contributed by atoms with Crippen LogP contribution in [0, 0.1) is 13.8 Å². The Morgan fingerprint density at radius 1 is 1.07 bits per heavy atom. The fourth-order valence-corrected chi connectivity index (χ4v) is 2.95. The number of nitrogens with one attached hydrogen (secondary N) is 1. The van der Waals surface area contributed by atoms with Crippen molar-refractivity contribution in [1.29, 1.82) is 0 Å². The lowest BCUT2D eigenvalue weighted by molar-refractivity contribution is -0.137. The highest BCUT2D eigenvalue weighted by Gasteiger charge is 2.30. The smallest absolute Gasteiger partial charge is 0.326 e. The zero-order chi connectivity index (χ0) is 20.3. The molecule has 28 heavy (non-hydrogen) atoms. The van der Waals surface area contributed by atoms with E-state index in [0.717, 1.165) is 34.8 Å². The summed E-state index contributed by atoms with van der Waals surface area (Å²) in [5.74, 6) is -0.332. The number of hydrogen-bond acceptors (Lipinski definition) is 2. The van der Waals surface area contributed by atoms with E-state index in [2.05, 4.69) is 10.4 Å². The van der Waals surface area contributed by atoms with Crippen molar-refractivity contribution < 1.29 is 18.0 Å². The largest absolute Gasteiger partial charge is 0.416 e. The molecule has 0 fully saturated rings. The first-order chi connectivity index (χ1) is 13.2. The molecule has 3 rings (SSSR count). The Morgan fingerprint density at radius 2 is 1.79 bits per heavy atom. The Balaban J connectivity index is 1.58. The monoisotopic (exact) mass is 387 g/mol. The molecule has 1 N–H and O–H groups in total. The molecule has 7 heteroatoms. The third kappa shape index (κ3) is 4.79. The first-order valence-electron chi connectivity index (χ1n) is 8.82. The number of nitrogens with zero attached hydrogens (tertiary/aromatic N) is 2. The van der Waals surface area contributed by atoms with Gasteiger partial charge in [-0.05, 0) is 62.2 Å². The van der Waals surface area contributed by atoms with Gasteiger partial charge in [-0.3, -0.25) is 4.79 Å². The standard InChI is InChI=1S/C21H20F3N3O/c1-14-12-15(2)27(26-14)19-9-6-16(7-10-19)8-11-20(28)25-18-5-3-4-17(13-18)21(22,23)24/h3-7,9-10,12-13H,8,11H2,1-2H3,(H,25,28). The van der Waals surface area contributed by atoms with Gasteiger partial charge in [0.1, 0.15) is 0 Å². The average Bonchev–Trinajstić information content (AvgIpc) is 2.98. The summed E-state index contributed by atoms with van der Waals surface area (Å²) in [6, 6.07) is 14.3. The van der Waals surface area contributed by atoms with Crippen molar-refractivity contribution in [1.82, 2.24) is 9.78 Å². The molecule has 0 aliphatic heterocycles. The molecular formula is C21H20F3N3O. The van der Waals surface area contributed by atoms with Gasteiger partial charge in [-0.1, -0.05) is 18.2 Å². The van der Waals surface area contributed by atoms with Crippen molar-refractivity contribution in [3.05, 3.63) is 77.1 Å². The number of benzene rings is 2. The molecule has 146 valence electrons. The zero-order valence-corrected chi connectivity index (χ0v) is 15.5. The second-order valence-electron chi connectivity index (χ2n) is 6.63. The zero-order valence-electron chi connectivity index (χ0n) is 15.5. The number of rotatable bonds is 5. The van der Waals surface area contributed by atoms with E-state index in [0.29, 0.717) is 6.42 Å². The van der Waals surface area contributed by atoms with Crippen LogP contribution in [0.1, 0.15) is 28.9 Å². The summed E-state index contributed by atoms with van der Waals surface area (Å²) in [4.78, 5) is 12.1. The van der Waals surface area contributed by atoms with E-state index >= 15 is 0 Å². The molecule has 2 aromatic carbocycles. The summed E-state index contributed by atoms with van der Waals surface area (Å²) in [6.45, 7) is 3.91. The molecule has 0 saturated carbocycles. The second-order valence-corrected chi connectivity index (χ2v) is 6.63. The van der Waals surface area contributed by atoms with Crippen molar-refractivity contribution in [3.8, 4) is 5.69 Å². The summed E-state index contributed by atoms with van der Waals surface area (Å²) in [5.41, 5.74) is 3.22. The maximum absolute atomic E-state index is 12.7. The molecule has 0 bridgehead atoms. The van der Waals surface area contributed by atoms with E-state index in [-0.39, 0.29) is 18.0 Å². The van der Waals surface area contributed by atoms with E-state index in [1.807, 2.05) is 48.9 Å². The minimum Gasteiger partial charge on any atom is -0.326 e. The third-order valence-corrected chi connectivity index (χ3v) is 4.30. The van der Waals surface area contributed by atoms with Crippen molar-refractivity contribution in [3.63, 3.8) is 0 Å². The van der Waals surface area contributed by atoms with E-state index in [4.69, 9.17) is 0 Å². The molecule has 1 aromatic heterocycles. The molecule has 0 saturated heterocycles. The average molecular weight is 387 g/mol. The molecule has 0 atom stereocenters. The first kappa shape index (κ1) is 19.7. The predicted molar refractivity (Wildman–Crippen MR) is 101 cm³/mol. The van der Waals surface area contributed by atoms with Crippen molar-refractivity contribution in [2.24, 2.45) is 0 Å². The van der Waals surface area contributed by atoms with Gasteiger partial charge < -0.3 is 5.32 Å². The number of aromatic nitrogens is 2. The van der Waals surface area contributed by atoms with Crippen LogP contribution in [-0.4, -0.2) is 15.7 Å². The predicted octanol–water partition coefficient (Wildman–Crippen LogP) is 5.08. The summed E-state index contributed by atoms with van der Waals surface area (Å²) < 4.78 is 40.1. The molecule has 0 aliphatic rings. The number of alkyl halides is 3. The van der Waals surface area contributed by atoms with Gasteiger partial charge in [0.2, 0.25) is 5.91 Å². The third-order valence-electron chi connectivity index (χ3n) is 4.30. The van der Waals surface area contributed by atoms with Crippen LogP contribution in [0.3, 0.4) is 0 Å². The van der Waals surface area contributed by atoms with Gasteiger partial charge >= 0.3 is 6.18 Å². The fourth-order valence-electron chi connectivity index (χ4n) is 2.95. The van der Waals surface area contributed by atoms with Crippen LogP contribution in [0.2, 0.25) is 0 Å². The topological polar surface area (TPSA) is 46.9 Å². The Kier molecular flexibility index (Phi) is 5.53. The number of halogens is 3. The van der Waals surface area contributed by atoms with E-state index in [1.165, 1.54) is 12.1 Å². The summed E-state index contributed by atoms with van der Waals surface area (Å²) in [6.07, 6.45) is -3.77. The van der Waals surface area contributed by atoms with E-state index in [9.17, 15) is 18.0 Å². The molecule has 0 radical (unpaired) electrons. The van der Waals surface area contributed by atoms with Gasteiger partial charge in [-0.15, -0.1) is 0 Å². The van der Waals surface area contributed by atoms with Crippen LogP contribution < -0.4 is 5.32 Å². The summed E-state index contributed by atoms with van der Waals surface area (Å²) >= 11 is 0. The number of carbonyl (C=O) groups excluding carboxylic acids is 1. The second kappa shape index (κ2) is 7.88. The van der Waals surface area contributed by atoms with Crippen LogP contribution in [0.4, 0.5) is 18.9 Å². The van der Waals surface area contributed by atoms with E-state index < -0.39 is 11.7 Å². The van der Waals surface area contributed by atoms with Gasteiger partial charge in [0.25, 0.3) is 0 Å². The minimum atomic E-state index is -4.44. The molecule has 3 aromatic rings. The molecule has 1 amide bonds. The van der Waals surface area contributed by atoms with Crippen molar-refractivity contribution in [2.45, 2.75) is 32.9 Å². The quantitative estimate of drug-likeness (QED) is 0.664. The van der Waals surface area contributed by atoms with Crippen molar-refractivity contribution in [2.75, 3.05) is 5.32 Å². The molecular weight excluding hydrogens is 367 g/mol. The van der Waals surface area contributed by atoms with Crippen LogP contribution in [0.15, 0.2) is 54.6 Å². The molecule has 4 nitrogen and oxygen atoms in total. The molecule has 1 heterocycles. The lowest BCUT2D eigenvalue weighted by Gasteiger charge is -2.10. The Hall–Kier alpha value is -3.09. The van der Waals surface area contributed by atoms with Crippen molar-refractivity contribution >= 4 is 11.6 Å². The Morgan fingerprint density at radius 3 is 2.39 bits per heavy atom. The highest BCUT2D eigenvalue weighted by Crippen LogP contribution is 2.30. The van der Waals surface area contributed by atoms with Crippen LogP contribution in [0.25, 0.3) is 5.69 Å². The number of anilines is 1. The lowest BCUT2D eigenvalue weighted by atomic mass is 10.1. The highest BCUT2D eigenvalue weighted by atomic mass is 19.4. The molecule has 0 unspecified atom stereocenters. The number of carbonyl (C=O) groups is 1. The number of aryl methyl sites for hydroxylation is 3. The van der Waals surface area contributed by atoms with Crippen LogP contribution in [0.5, 0.6) is 0 Å². The fraction of sp³-hybridized carbons (Fsp3) is 0.238. The minimum absolute atomic E-state index is 0.139. The number of amides is 1. The van der Waals surface area contributed by atoms with Crippen LogP contribution >= 0.6 is 0 Å². The Bertz CT molecular complexity index is 975. The van der Waals surface area contributed by atoms with Crippen LogP contribution in [-0.2, 0) is 17.4 Å². The normalized spacial score (nSPS) is 11.5. The van der Waals surface area contributed by atoms with Gasteiger partial charge in [0.05, 0.1) is 16.9 Å². The Labute approximate surface area is 161 Å². The van der Waals surface area contributed by atoms with Gasteiger partial charge in [-0.25, -0.2) is 4.68 Å². The van der Waals surface area contributed by atoms with Gasteiger partial charge in [0.15, 0.2) is 0 Å². The van der Waals surface area contributed by atoms with Gasteiger partial charge in [-0.2, -0.15) is 18.3 Å². The molecule has 0 spiro atoms. The van der Waals surface area contributed by atoms with E-state index in [1.54, 1.807) is 0 Å². The first-order valence-corrected chi connectivity index (χ1v) is 8.82. The lowest BCUT2D eigenvalue weighted by Crippen LogP contribution is -2.13.